The van der Waals surface area contributed by atoms with Crippen molar-refractivity contribution in [3.63, 3.8) is 0 Å². The van der Waals surface area contributed by atoms with Gasteiger partial charge in [-0.05, 0) is 58.7 Å². The molecule has 8 heteroatoms. The van der Waals surface area contributed by atoms with E-state index in [4.69, 9.17) is 4.74 Å². The smallest absolute Gasteiger partial charge is 0.306 e. The third-order valence-electron chi connectivity index (χ3n) is 5.46. The van der Waals surface area contributed by atoms with Crippen LogP contribution in [0.3, 0.4) is 0 Å². The number of aryl methyl sites for hydroxylation is 3. The molecule has 8 nitrogen and oxygen atoms in total. The highest BCUT2D eigenvalue weighted by atomic mass is 16.5. The summed E-state index contributed by atoms with van der Waals surface area (Å²) in [5.41, 5.74) is 6.06. The molecule has 164 valence electrons. The summed E-state index contributed by atoms with van der Waals surface area (Å²) in [6.07, 6.45) is -0.232. The number of amides is 1. The van der Waals surface area contributed by atoms with E-state index >= 15 is 0 Å². The SMILES string of the molecule is Cc1nn(-c2ccccc2)c(C)c1CCC(=O)O[C@@H](C)C(=O)Nc1c(C)nn(C)c1C. The van der Waals surface area contributed by atoms with Crippen LogP contribution in [0.5, 0.6) is 0 Å². The molecule has 2 aromatic heterocycles. The average Bonchev–Trinajstić information content (AvgIpc) is 3.15. The summed E-state index contributed by atoms with van der Waals surface area (Å²) in [5.74, 6) is -0.801. The lowest BCUT2D eigenvalue weighted by molar-refractivity contribution is -0.153. The molecule has 0 aliphatic rings. The van der Waals surface area contributed by atoms with Crippen LogP contribution >= 0.6 is 0 Å². The number of hydrogen-bond acceptors (Lipinski definition) is 5. The number of benzene rings is 1. The summed E-state index contributed by atoms with van der Waals surface area (Å²) in [4.78, 5) is 24.8. The molecule has 1 aromatic carbocycles. The van der Waals surface area contributed by atoms with Crippen molar-refractivity contribution in [1.82, 2.24) is 19.6 Å². The van der Waals surface area contributed by atoms with Gasteiger partial charge in [-0.15, -0.1) is 0 Å². The fraction of sp³-hybridized carbons (Fsp3) is 0.391. The quantitative estimate of drug-likeness (QED) is 0.589. The van der Waals surface area contributed by atoms with Gasteiger partial charge in [0.1, 0.15) is 0 Å². The number of aromatic nitrogens is 4. The van der Waals surface area contributed by atoms with Crippen LogP contribution in [0.4, 0.5) is 5.69 Å². The number of anilines is 1. The summed E-state index contributed by atoms with van der Waals surface area (Å²) in [7, 11) is 1.81. The number of hydrogen-bond donors (Lipinski definition) is 1. The van der Waals surface area contributed by atoms with Crippen LogP contribution < -0.4 is 5.32 Å². The Labute approximate surface area is 182 Å². The minimum Gasteiger partial charge on any atom is -0.453 e. The zero-order valence-corrected chi connectivity index (χ0v) is 18.9. The first kappa shape index (κ1) is 22.3. The van der Waals surface area contributed by atoms with E-state index in [1.165, 1.54) is 0 Å². The van der Waals surface area contributed by atoms with E-state index in [2.05, 4.69) is 15.5 Å². The number of carbonyl (C=O) groups excluding carboxylic acids is 2. The molecule has 31 heavy (non-hydrogen) atoms. The van der Waals surface area contributed by atoms with E-state index in [1.54, 1.807) is 11.6 Å². The van der Waals surface area contributed by atoms with Crippen molar-refractivity contribution in [2.24, 2.45) is 7.05 Å². The topological polar surface area (TPSA) is 91.0 Å². The van der Waals surface area contributed by atoms with Gasteiger partial charge in [0.15, 0.2) is 6.10 Å². The van der Waals surface area contributed by atoms with E-state index in [1.807, 2.05) is 69.8 Å². The van der Waals surface area contributed by atoms with Crippen LogP contribution in [0.25, 0.3) is 5.69 Å². The van der Waals surface area contributed by atoms with Crippen molar-refractivity contribution in [2.75, 3.05) is 5.32 Å². The van der Waals surface area contributed by atoms with Gasteiger partial charge in [0.05, 0.1) is 28.5 Å². The maximum Gasteiger partial charge on any atom is 0.306 e. The van der Waals surface area contributed by atoms with E-state index < -0.39 is 12.1 Å². The maximum absolute atomic E-state index is 12.5. The Morgan fingerprint density at radius 3 is 2.32 bits per heavy atom. The molecule has 2 heterocycles. The molecule has 3 rings (SSSR count). The number of nitrogens with zero attached hydrogens (tertiary/aromatic N) is 4. The van der Waals surface area contributed by atoms with Crippen molar-refractivity contribution in [3.05, 3.63) is 58.7 Å². The maximum atomic E-state index is 12.5. The molecule has 0 spiro atoms. The Balaban J connectivity index is 1.59. The van der Waals surface area contributed by atoms with Gasteiger partial charge in [-0.25, -0.2) is 4.68 Å². The predicted octanol–water partition coefficient (Wildman–Crippen LogP) is 3.34. The van der Waals surface area contributed by atoms with Crippen molar-refractivity contribution >= 4 is 17.6 Å². The Hall–Kier alpha value is -3.42. The molecular weight excluding hydrogens is 394 g/mol. The molecule has 1 atom stereocenters. The summed E-state index contributed by atoms with van der Waals surface area (Å²) in [5, 5.41) is 11.7. The molecule has 0 saturated heterocycles. The van der Waals surface area contributed by atoms with Gasteiger partial charge in [-0.1, -0.05) is 18.2 Å². The number of carbonyl (C=O) groups is 2. The van der Waals surface area contributed by atoms with E-state index in [0.717, 1.165) is 28.3 Å². The van der Waals surface area contributed by atoms with Crippen molar-refractivity contribution < 1.29 is 14.3 Å². The molecule has 0 unspecified atom stereocenters. The minimum atomic E-state index is -0.902. The third-order valence-corrected chi connectivity index (χ3v) is 5.46. The highest BCUT2D eigenvalue weighted by Crippen LogP contribution is 2.20. The molecule has 1 amide bonds. The third kappa shape index (κ3) is 4.84. The lowest BCUT2D eigenvalue weighted by Crippen LogP contribution is -2.30. The number of para-hydroxylation sites is 1. The zero-order chi connectivity index (χ0) is 22.7. The summed E-state index contributed by atoms with van der Waals surface area (Å²) in [6, 6.07) is 9.86. The molecular formula is C23H29N5O3. The fourth-order valence-electron chi connectivity index (χ4n) is 3.57. The largest absolute Gasteiger partial charge is 0.453 e. The van der Waals surface area contributed by atoms with Gasteiger partial charge in [-0.3, -0.25) is 14.3 Å². The average molecular weight is 424 g/mol. The standard InChI is InChI=1S/C23H29N5O3/c1-14-20(16(3)28(26-14)19-10-8-7-9-11-19)12-13-21(29)31-18(5)23(30)24-22-15(2)25-27(6)17(22)4/h7-11,18H,12-13H2,1-6H3,(H,24,30)/t18-/m0/s1. The Kier molecular flexibility index (Phi) is 6.58. The number of ether oxygens (including phenoxy) is 1. The first-order valence-electron chi connectivity index (χ1n) is 10.3. The van der Waals surface area contributed by atoms with Crippen LogP contribution in [-0.4, -0.2) is 37.5 Å². The normalized spacial score (nSPS) is 11.9. The second kappa shape index (κ2) is 9.16. The van der Waals surface area contributed by atoms with Crippen LogP contribution in [0.15, 0.2) is 30.3 Å². The van der Waals surface area contributed by atoms with Crippen molar-refractivity contribution in [3.8, 4) is 5.69 Å². The molecule has 0 saturated carbocycles. The van der Waals surface area contributed by atoms with Gasteiger partial charge in [0, 0.05) is 19.2 Å². The summed E-state index contributed by atoms with van der Waals surface area (Å²) in [6.45, 7) is 9.17. The zero-order valence-electron chi connectivity index (χ0n) is 18.9. The van der Waals surface area contributed by atoms with E-state index in [0.29, 0.717) is 17.8 Å². The van der Waals surface area contributed by atoms with Gasteiger partial charge in [-0.2, -0.15) is 10.2 Å². The number of nitrogens with one attached hydrogen (secondary N) is 1. The van der Waals surface area contributed by atoms with Crippen LogP contribution in [0, 0.1) is 27.7 Å². The van der Waals surface area contributed by atoms with E-state index in [9.17, 15) is 9.59 Å². The second-order valence-corrected chi connectivity index (χ2v) is 7.69. The first-order valence-corrected chi connectivity index (χ1v) is 10.3. The van der Waals surface area contributed by atoms with Gasteiger partial charge in [0.2, 0.25) is 0 Å². The molecule has 0 bridgehead atoms. The Morgan fingerprint density at radius 2 is 1.71 bits per heavy atom. The minimum absolute atomic E-state index is 0.171. The van der Waals surface area contributed by atoms with Gasteiger partial charge in [0.25, 0.3) is 5.91 Å². The molecule has 1 N–H and O–H groups in total. The molecule has 0 aliphatic carbocycles. The highest BCUT2D eigenvalue weighted by molar-refractivity contribution is 5.96. The van der Waals surface area contributed by atoms with Crippen LogP contribution in [0.1, 0.15) is 41.7 Å². The Morgan fingerprint density at radius 1 is 1.03 bits per heavy atom. The van der Waals surface area contributed by atoms with Crippen LogP contribution in [0.2, 0.25) is 0 Å². The highest BCUT2D eigenvalue weighted by Gasteiger charge is 2.21. The molecule has 3 aromatic rings. The lowest BCUT2D eigenvalue weighted by Gasteiger charge is -2.14. The lowest BCUT2D eigenvalue weighted by atomic mass is 10.1. The monoisotopic (exact) mass is 423 g/mol. The summed E-state index contributed by atoms with van der Waals surface area (Å²) < 4.78 is 8.93. The first-order chi connectivity index (χ1) is 14.7. The Bertz CT molecular complexity index is 1100. The van der Waals surface area contributed by atoms with Gasteiger partial charge < -0.3 is 10.1 Å². The van der Waals surface area contributed by atoms with Gasteiger partial charge >= 0.3 is 5.97 Å². The van der Waals surface area contributed by atoms with Crippen LogP contribution in [-0.2, 0) is 27.8 Å². The van der Waals surface area contributed by atoms with Crippen molar-refractivity contribution in [2.45, 2.75) is 53.6 Å². The van der Waals surface area contributed by atoms with Crippen molar-refractivity contribution in [1.29, 1.82) is 0 Å². The molecule has 0 fully saturated rings. The second-order valence-electron chi connectivity index (χ2n) is 7.69. The predicted molar refractivity (Wildman–Crippen MR) is 118 cm³/mol. The summed E-state index contributed by atoms with van der Waals surface area (Å²) >= 11 is 0. The molecule has 0 radical (unpaired) electrons. The number of esters is 1. The molecule has 0 aliphatic heterocycles. The fourth-order valence-corrected chi connectivity index (χ4v) is 3.57. The van der Waals surface area contributed by atoms with E-state index in [-0.39, 0.29) is 12.3 Å². The number of rotatable bonds is 7.